The summed E-state index contributed by atoms with van der Waals surface area (Å²) >= 11 is 12.5. The fraction of sp³-hybridized carbons (Fsp3) is 0.294. The lowest BCUT2D eigenvalue weighted by molar-refractivity contribution is 0.415. The Morgan fingerprint density at radius 2 is 1.67 bits per heavy atom. The van der Waals surface area contributed by atoms with Gasteiger partial charge in [-0.25, -0.2) is 0 Å². The molecule has 0 fully saturated rings. The molecule has 0 spiro atoms. The van der Waals surface area contributed by atoms with Crippen LogP contribution in [0.4, 0.5) is 0 Å². The largest absolute Gasteiger partial charge is 0.495 e. The van der Waals surface area contributed by atoms with Crippen molar-refractivity contribution >= 4 is 23.2 Å². The first-order valence-corrected chi connectivity index (χ1v) is 7.74. The maximum absolute atomic E-state index is 6.36. The molecule has 2 aromatic rings. The normalized spacial score (nSPS) is 10.7. The minimum absolute atomic E-state index is 0.597. The molecule has 0 aliphatic carbocycles. The van der Waals surface area contributed by atoms with Crippen LogP contribution in [0, 0.1) is 0 Å². The summed E-state index contributed by atoms with van der Waals surface area (Å²) in [6.07, 6.45) is 1.11. The Kier molecular flexibility index (Phi) is 5.92. The third-order valence-electron chi connectivity index (χ3n) is 3.28. The number of benzene rings is 2. The van der Waals surface area contributed by atoms with E-state index in [0.717, 1.165) is 41.2 Å². The van der Waals surface area contributed by atoms with Gasteiger partial charge in [-0.05, 0) is 47.9 Å². The van der Waals surface area contributed by atoms with E-state index in [1.165, 1.54) is 0 Å². The first-order chi connectivity index (χ1) is 10.2. The molecule has 112 valence electrons. The molecule has 0 atom stereocenters. The summed E-state index contributed by atoms with van der Waals surface area (Å²) in [5.74, 6) is 0.673. The molecule has 2 nitrogen and oxygen atoms in total. The van der Waals surface area contributed by atoms with Crippen LogP contribution in [0.2, 0.25) is 10.0 Å². The SMILES string of the molecule is CCCNCc1ccc(-c2ccc(OC)c(Cl)c2)cc1Cl. The van der Waals surface area contributed by atoms with E-state index in [0.29, 0.717) is 10.8 Å². The molecule has 0 bridgehead atoms. The molecule has 21 heavy (non-hydrogen) atoms. The highest BCUT2D eigenvalue weighted by Crippen LogP contribution is 2.32. The molecule has 0 amide bonds. The van der Waals surface area contributed by atoms with Gasteiger partial charge in [0.25, 0.3) is 0 Å². The lowest BCUT2D eigenvalue weighted by Crippen LogP contribution is -2.13. The average Bonchev–Trinajstić information content (AvgIpc) is 2.49. The van der Waals surface area contributed by atoms with E-state index in [9.17, 15) is 0 Å². The van der Waals surface area contributed by atoms with Crippen molar-refractivity contribution in [3.8, 4) is 16.9 Å². The highest BCUT2D eigenvalue weighted by atomic mass is 35.5. The molecular formula is C17H19Cl2NO. The van der Waals surface area contributed by atoms with E-state index in [1.54, 1.807) is 7.11 Å². The number of halogens is 2. The molecule has 0 heterocycles. The second-order valence-electron chi connectivity index (χ2n) is 4.83. The minimum atomic E-state index is 0.597. The molecule has 0 unspecified atom stereocenters. The van der Waals surface area contributed by atoms with Crippen molar-refractivity contribution in [2.24, 2.45) is 0 Å². The van der Waals surface area contributed by atoms with Crippen LogP contribution in [0.5, 0.6) is 5.75 Å². The number of ether oxygens (including phenoxy) is 1. The summed E-state index contributed by atoms with van der Waals surface area (Å²) < 4.78 is 5.17. The summed E-state index contributed by atoms with van der Waals surface area (Å²) in [6, 6.07) is 11.8. The number of nitrogens with one attached hydrogen (secondary N) is 1. The van der Waals surface area contributed by atoms with Gasteiger partial charge in [0.15, 0.2) is 0 Å². The lowest BCUT2D eigenvalue weighted by Gasteiger charge is -2.10. The predicted octanol–water partition coefficient (Wildman–Crippen LogP) is 5.17. The molecule has 1 N–H and O–H groups in total. The van der Waals surface area contributed by atoms with E-state index in [2.05, 4.69) is 24.4 Å². The minimum Gasteiger partial charge on any atom is -0.495 e. The number of methoxy groups -OCH3 is 1. The second-order valence-corrected chi connectivity index (χ2v) is 5.65. The molecule has 2 aromatic carbocycles. The summed E-state index contributed by atoms with van der Waals surface area (Å²) in [5.41, 5.74) is 3.17. The first-order valence-electron chi connectivity index (χ1n) is 6.98. The van der Waals surface area contributed by atoms with Crippen LogP contribution in [-0.4, -0.2) is 13.7 Å². The average molecular weight is 324 g/mol. The van der Waals surface area contributed by atoms with Crippen molar-refractivity contribution in [2.75, 3.05) is 13.7 Å². The van der Waals surface area contributed by atoms with Crippen LogP contribution in [0.25, 0.3) is 11.1 Å². The van der Waals surface area contributed by atoms with Crippen LogP contribution in [0.15, 0.2) is 36.4 Å². The molecule has 0 saturated heterocycles. The number of hydrogen-bond donors (Lipinski definition) is 1. The Balaban J connectivity index is 2.21. The number of rotatable bonds is 6. The third kappa shape index (κ3) is 4.13. The standard InChI is InChI=1S/C17H19Cl2NO/c1-3-8-20-11-14-5-4-12(9-15(14)18)13-6-7-17(21-2)16(19)10-13/h4-7,9-10,20H,3,8,11H2,1-2H3. The molecule has 4 heteroatoms. The molecule has 0 saturated carbocycles. The van der Waals surface area contributed by atoms with Crippen molar-refractivity contribution in [2.45, 2.75) is 19.9 Å². The fourth-order valence-corrected chi connectivity index (χ4v) is 2.62. The fourth-order valence-electron chi connectivity index (χ4n) is 2.12. The zero-order chi connectivity index (χ0) is 15.2. The van der Waals surface area contributed by atoms with E-state index in [-0.39, 0.29) is 0 Å². The Morgan fingerprint density at radius 1 is 1.00 bits per heavy atom. The molecule has 0 aliphatic rings. The first kappa shape index (κ1) is 16.2. The van der Waals surface area contributed by atoms with Gasteiger partial charge in [0.2, 0.25) is 0 Å². The predicted molar refractivity (Wildman–Crippen MR) is 90.4 cm³/mol. The Hall–Kier alpha value is -1.22. The van der Waals surface area contributed by atoms with Gasteiger partial charge in [0.1, 0.15) is 5.75 Å². The van der Waals surface area contributed by atoms with Gasteiger partial charge in [-0.15, -0.1) is 0 Å². The molecular weight excluding hydrogens is 305 g/mol. The third-order valence-corrected chi connectivity index (χ3v) is 3.93. The van der Waals surface area contributed by atoms with Gasteiger partial charge < -0.3 is 10.1 Å². The summed E-state index contributed by atoms with van der Waals surface area (Å²) in [7, 11) is 1.61. The van der Waals surface area contributed by atoms with Crippen molar-refractivity contribution < 1.29 is 4.74 Å². The second kappa shape index (κ2) is 7.69. The zero-order valence-electron chi connectivity index (χ0n) is 12.2. The molecule has 2 rings (SSSR count). The van der Waals surface area contributed by atoms with Crippen molar-refractivity contribution in [3.05, 3.63) is 52.0 Å². The van der Waals surface area contributed by atoms with E-state index < -0.39 is 0 Å². The van der Waals surface area contributed by atoms with Crippen LogP contribution in [0.3, 0.4) is 0 Å². The zero-order valence-corrected chi connectivity index (χ0v) is 13.8. The maximum Gasteiger partial charge on any atom is 0.137 e. The summed E-state index contributed by atoms with van der Waals surface area (Å²) in [5, 5.41) is 4.72. The van der Waals surface area contributed by atoms with E-state index in [1.807, 2.05) is 24.3 Å². The van der Waals surface area contributed by atoms with Crippen LogP contribution in [-0.2, 0) is 6.54 Å². The monoisotopic (exact) mass is 323 g/mol. The van der Waals surface area contributed by atoms with Crippen molar-refractivity contribution in [1.82, 2.24) is 5.32 Å². The maximum atomic E-state index is 6.36. The van der Waals surface area contributed by atoms with Gasteiger partial charge in [-0.2, -0.15) is 0 Å². The van der Waals surface area contributed by atoms with Crippen molar-refractivity contribution in [1.29, 1.82) is 0 Å². The van der Waals surface area contributed by atoms with Gasteiger partial charge in [0.05, 0.1) is 12.1 Å². The molecule has 0 aromatic heterocycles. The summed E-state index contributed by atoms with van der Waals surface area (Å²) in [6.45, 7) is 3.92. The van der Waals surface area contributed by atoms with Crippen LogP contribution < -0.4 is 10.1 Å². The van der Waals surface area contributed by atoms with Gasteiger partial charge in [-0.1, -0.05) is 48.3 Å². The van der Waals surface area contributed by atoms with E-state index in [4.69, 9.17) is 27.9 Å². The summed E-state index contributed by atoms with van der Waals surface area (Å²) in [4.78, 5) is 0. The van der Waals surface area contributed by atoms with Gasteiger partial charge in [0, 0.05) is 11.6 Å². The Morgan fingerprint density at radius 3 is 2.24 bits per heavy atom. The highest BCUT2D eigenvalue weighted by molar-refractivity contribution is 6.32. The van der Waals surface area contributed by atoms with Crippen LogP contribution in [0.1, 0.15) is 18.9 Å². The molecule has 0 radical (unpaired) electrons. The van der Waals surface area contributed by atoms with Gasteiger partial charge in [-0.3, -0.25) is 0 Å². The highest BCUT2D eigenvalue weighted by Gasteiger charge is 2.06. The lowest BCUT2D eigenvalue weighted by atomic mass is 10.0. The number of hydrogen-bond acceptors (Lipinski definition) is 2. The Bertz CT molecular complexity index is 614. The van der Waals surface area contributed by atoms with E-state index >= 15 is 0 Å². The van der Waals surface area contributed by atoms with Crippen LogP contribution >= 0.6 is 23.2 Å². The smallest absolute Gasteiger partial charge is 0.137 e. The molecule has 0 aliphatic heterocycles. The van der Waals surface area contributed by atoms with Crippen molar-refractivity contribution in [3.63, 3.8) is 0 Å². The van der Waals surface area contributed by atoms with Gasteiger partial charge >= 0.3 is 0 Å². The Labute approximate surface area is 136 Å². The topological polar surface area (TPSA) is 21.3 Å². The quantitative estimate of drug-likeness (QED) is 0.740.